The molecule has 0 atom stereocenters. The van der Waals surface area contributed by atoms with Gasteiger partial charge in [-0.3, -0.25) is 9.59 Å². The van der Waals surface area contributed by atoms with Gasteiger partial charge in [0.1, 0.15) is 0 Å². The molecular formula is C19H31N3O4S. The summed E-state index contributed by atoms with van der Waals surface area (Å²) in [6.45, 7) is 11.9. The van der Waals surface area contributed by atoms with Crippen LogP contribution >= 0.6 is 0 Å². The molecule has 0 fully saturated rings. The first kappa shape index (κ1) is 23.1. The number of nitrogens with zero attached hydrogens (tertiary/aromatic N) is 2. The van der Waals surface area contributed by atoms with Crippen molar-refractivity contribution in [1.29, 1.82) is 0 Å². The van der Waals surface area contributed by atoms with Gasteiger partial charge in [0, 0.05) is 30.7 Å². The van der Waals surface area contributed by atoms with Gasteiger partial charge in [-0.05, 0) is 45.9 Å². The second kappa shape index (κ2) is 9.32. The molecule has 1 aromatic rings. The molecule has 1 N–H and O–H groups in total. The van der Waals surface area contributed by atoms with Gasteiger partial charge in [-0.2, -0.15) is 4.31 Å². The minimum absolute atomic E-state index is 0.0762. The molecule has 0 unspecified atom stereocenters. The fourth-order valence-corrected chi connectivity index (χ4v) is 4.15. The summed E-state index contributed by atoms with van der Waals surface area (Å²) in [5.74, 6) is -0.636. The molecule has 0 aliphatic rings. The maximum absolute atomic E-state index is 12.8. The molecule has 0 bridgehead atoms. The number of nitrogens with one attached hydrogen (secondary N) is 1. The third kappa shape index (κ3) is 6.32. The van der Waals surface area contributed by atoms with E-state index in [0.29, 0.717) is 19.6 Å². The van der Waals surface area contributed by atoms with Crippen LogP contribution in [0, 0.1) is 0 Å². The van der Waals surface area contributed by atoms with Crippen LogP contribution in [0.3, 0.4) is 0 Å². The van der Waals surface area contributed by atoms with Gasteiger partial charge in [-0.15, -0.1) is 0 Å². The van der Waals surface area contributed by atoms with Gasteiger partial charge >= 0.3 is 0 Å². The molecule has 0 aliphatic heterocycles. The molecular weight excluding hydrogens is 366 g/mol. The molecule has 0 saturated heterocycles. The summed E-state index contributed by atoms with van der Waals surface area (Å²) in [6, 6.07) is 5.97. The van der Waals surface area contributed by atoms with E-state index >= 15 is 0 Å². The van der Waals surface area contributed by atoms with Crippen molar-refractivity contribution in [2.24, 2.45) is 0 Å². The Hall–Kier alpha value is -1.93. The Morgan fingerprint density at radius 1 is 1.04 bits per heavy atom. The predicted octanol–water partition coefficient (Wildman–Crippen LogP) is 2.09. The van der Waals surface area contributed by atoms with Gasteiger partial charge < -0.3 is 10.2 Å². The van der Waals surface area contributed by atoms with Crippen LogP contribution in [0.5, 0.6) is 0 Å². The van der Waals surface area contributed by atoms with Crippen LogP contribution < -0.4 is 5.32 Å². The topological polar surface area (TPSA) is 86.8 Å². The Morgan fingerprint density at radius 2 is 1.63 bits per heavy atom. The highest BCUT2D eigenvalue weighted by molar-refractivity contribution is 7.89. The van der Waals surface area contributed by atoms with Crippen LogP contribution in [0.4, 0.5) is 0 Å². The fourth-order valence-electron chi connectivity index (χ4n) is 2.64. The maximum atomic E-state index is 12.8. The largest absolute Gasteiger partial charge is 0.350 e. The third-order valence-corrected chi connectivity index (χ3v) is 5.99. The number of likely N-dealkylation sites (N-methyl/N-ethyl adjacent to an activating group) is 1. The molecule has 27 heavy (non-hydrogen) atoms. The highest BCUT2D eigenvalue weighted by Gasteiger charge is 2.24. The summed E-state index contributed by atoms with van der Waals surface area (Å²) in [4.78, 5) is 26.4. The second-order valence-electron chi connectivity index (χ2n) is 7.23. The van der Waals surface area contributed by atoms with E-state index in [2.05, 4.69) is 5.32 Å². The number of benzene rings is 1. The Bertz CT molecular complexity index is 765. The molecule has 1 aromatic carbocycles. The maximum Gasteiger partial charge on any atom is 0.254 e. The van der Waals surface area contributed by atoms with E-state index in [9.17, 15) is 18.0 Å². The normalized spacial score (nSPS) is 12.1. The molecule has 0 spiro atoms. The first-order chi connectivity index (χ1) is 12.5. The number of rotatable bonds is 8. The number of carbonyl (C=O) groups excluding carboxylic acids is 2. The van der Waals surface area contributed by atoms with Crippen LogP contribution in [-0.4, -0.2) is 61.2 Å². The Balaban J connectivity index is 3.08. The van der Waals surface area contributed by atoms with Crippen molar-refractivity contribution < 1.29 is 18.0 Å². The average Bonchev–Trinajstić information content (AvgIpc) is 2.58. The van der Waals surface area contributed by atoms with Gasteiger partial charge in [-0.25, -0.2) is 8.42 Å². The van der Waals surface area contributed by atoms with E-state index in [4.69, 9.17) is 0 Å². The van der Waals surface area contributed by atoms with Crippen molar-refractivity contribution >= 4 is 21.8 Å². The van der Waals surface area contributed by atoms with Gasteiger partial charge in [0.05, 0.1) is 11.4 Å². The van der Waals surface area contributed by atoms with E-state index in [1.807, 2.05) is 20.8 Å². The molecule has 152 valence electrons. The summed E-state index contributed by atoms with van der Waals surface area (Å²) >= 11 is 0. The monoisotopic (exact) mass is 397 g/mol. The minimum atomic E-state index is -3.65. The zero-order chi connectivity index (χ0) is 20.8. The summed E-state index contributed by atoms with van der Waals surface area (Å²) in [5, 5.41) is 2.82. The smallest absolute Gasteiger partial charge is 0.254 e. The van der Waals surface area contributed by atoms with Crippen molar-refractivity contribution in [3.63, 3.8) is 0 Å². The molecule has 7 nitrogen and oxygen atoms in total. The lowest BCUT2D eigenvalue weighted by molar-refractivity contribution is -0.123. The Kier molecular flexibility index (Phi) is 7.98. The zero-order valence-electron chi connectivity index (χ0n) is 17.1. The molecule has 0 heterocycles. The van der Waals surface area contributed by atoms with Crippen LogP contribution in [0.1, 0.15) is 51.9 Å². The molecule has 0 saturated carbocycles. The van der Waals surface area contributed by atoms with E-state index in [-0.39, 0.29) is 28.8 Å². The van der Waals surface area contributed by atoms with E-state index in [1.165, 1.54) is 21.3 Å². The zero-order valence-corrected chi connectivity index (χ0v) is 17.9. The van der Waals surface area contributed by atoms with Crippen molar-refractivity contribution in [2.75, 3.05) is 26.2 Å². The van der Waals surface area contributed by atoms with E-state index < -0.39 is 15.6 Å². The minimum Gasteiger partial charge on any atom is -0.350 e. The van der Waals surface area contributed by atoms with Crippen LogP contribution in [-0.2, 0) is 14.8 Å². The SMILES string of the molecule is CCN(CC(=O)NC(C)(C)C)C(=O)c1cccc(S(=O)(=O)N(CC)CC)c1. The number of amides is 2. The second-order valence-corrected chi connectivity index (χ2v) is 9.17. The molecule has 0 aromatic heterocycles. The molecule has 0 aliphatic carbocycles. The molecule has 0 radical (unpaired) electrons. The van der Waals surface area contributed by atoms with Crippen LogP contribution in [0.2, 0.25) is 0 Å². The number of hydrogen-bond acceptors (Lipinski definition) is 4. The van der Waals surface area contributed by atoms with Crippen molar-refractivity contribution in [3.05, 3.63) is 29.8 Å². The average molecular weight is 398 g/mol. The number of carbonyl (C=O) groups is 2. The third-order valence-electron chi connectivity index (χ3n) is 3.94. The predicted molar refractivity (Wildman–Crippen MR) is 106 cm³/mol. The number of hydrogen-bond donors (Lipinski definition) is 1. The summed E-state index contributed by atoms with van der Waals surface area (Å²) in [7, 11) is -3.65. The highest BCUT2D eigenvalue weighted by Crippen LogP contribution is 2.18. The summed E-state index contributed by atoms with van der Waals surface area (Å²) < 4.78 is 26.7. The van der Waals surface area contributed by atoms with E-state index in [0.717, 1.165) is 0 Å². The van der Waals surface area contributed by atoms with Crippen molar-refractivity contribution in [2.45, 2.75) is 52.0 Å². The molecule has 2 amide bonds. The van der Waals surface area contributed by atoms with E-state index in [1.54, 1.807) is 32.9 Å². The molecule has 8 heteroatoms. The van der Waals surface area contributed by atoms with Crippen molar-refractivity contribution in [3.8, 4) is 0 Å². The summed E-state index contributed by atoms with van der Waals surface area (Å²) in [6.07, 6.45) is 0. The first-order valence-corrected chi connectivity index (χ1v) is 10.6. The first-order valence-electron chi connectivity index (χ1n) is 9.16. The Labute approximate surface area is 162 Å². The summed E-state index contributed by atoms with van der Waals surface area (Å²) in [5.41, 5.74) is -0.147. The van der Waals surface area contributed by atoms with Crippen LogP contribution in [0.25, 0.3) is 0 Å². The number of sulfonamides is 1. The van der Waals surface area contributed by atoms with Gasteiger partial charge in [0.15, 0.2) is 0 Å². The Morgan fingerprint density at radius 3 is 2.11 bits per heavy atom. The van der Waals surface area contributed by atoms with Gasteiger partial charge in [0.25, 0.3) is 5.91 Å². The molecule has 1 rings (SSSR count). The lowest BCUT2D eigenvalue weighted by Gasteiger charge is -2.25. The fraction of sp³-hybridized carbons (Fsp3) is 0.579. The lowest BCUT2D eigenvalue weighted by Crippen LogP contribution is -2.47. The highest BCUT2D eigenvalue weighted by atomic mass is 32.2. The standard InChI is InChI=1S/C19H31N3O4S/c1-7-21(14-17(23)20-19(4,5)6)18(24)15-11-10-12-16(13-15)27(25,26)22(8-2)9-3/h10-13H,7-9,14H2,1-6H3,(H,20,23). The van der Waals surface area contributed by atoms with Gasteiger partial charge in [-0.1, -0.05) is 19.9 Å². The van der Waals surface area contributed by atoms with Gasteiger partial charge in [0.2, 0.25) is 15.9 Å². The van der Waals surface area contributed by atoms with Crippen LogP contribution in [0.15, 0.2) is 29.2 Å². The quantitative estimate of drug-likeness (QED) is 0.728. The lowest BCUT2D eigenvalue weighted by atomic mass is 10.1. The van der Waals surface area contributed by atoms with Crippen molar-refractivity contribution in [1.82, 2.24) is 14.5 Å².